The first-order chi connectivity index (χ1) is 10.1. The number of alkyl halides is 1. The second-order valence-electron chi connectivity index (χ2n) is 4.83. The van der Waals surface area contributed by atoms with E-state index in [0.717, 1.165) is 5.56 Å². The fraction of sp³-hybridized carbons (Fsp3) is 0.375. The number of nitrogens with zero attached hydrogens (tertiary/aromatic N) is 2. The number of halogens is 1. The van der Waals surface area contributed by atoms with Crippen molar-refractivity contribution in [2.75, 3.05) is 12.4 Å². The van der Waals surface area contributed by atoms with Gasteiger partial charge in [0.05, 0.1) is 0 Å². The van der Waals surface area contributed by atoms with E-state index in [0.29, 0.717) is 19.0 Å². The molecule has 0 unspecified atom stereocenters. The molecule has 1 aromatic rings. The number of carbonyl (C=O) groups is 1. The quantitative estimate of drug-likeness (QED) is 0.365. The zero-order valence-electron chi connectivity index (χ0n) is 12.3. The summed E-state index contributed by atoms with van der Waals surface area (Å²) in [5.74, 6) is 0.139. The van der Waals surface area contributed by atoms with Crippen LogP contribution in [0, 0.1) is 11.3 Å². The molecule has 0 atom stereocenters. The van der Waals surface area contributed by atoms with E-state index < -0.39 is 0 Å². The highest BCUT2D eigenvalue weighted by molar-refractivity contribution is 6.18. The second-order valence-corrected chi connectivity index (χ2v) is 5.20. The van der Waals surface area contributed by atoms with E-state index in [1.165, 1.54) is 6.20 Å². The van der Waals surface area contributed by atoms with Crippen molar-refractivity contribution in [1.29, 1.82) is 5.26 Å². The molecule has 1 amide bonds. The summed E-state index contributed by atoms with van der Waals surface area (Å²) < 4.78 is 0. The number of benzene rings is 1. The average molecular weight is 306 g/mol. The van der Waals surface area contributed by atoms with Gasteiger partial charge in [0, 0.05) is 31.2 Å². The third-order valence-electron chi connectivity index (χ3n) is 2.92. The summed E-state index contributed by atoms with van der Waals surface area (Å²) in [7, 11) is 0. The molecule has 0 aliphatic carbocycles. The molecule has 4 nitrogen and oxygen atoms in total. The topological polar surface area (TPSA) is 56.1 Å². The van der Waals surface area contributed by atoms with Crippen LogP contribution in [0.15, 0.2) is 42.1 Å². The monoisotopic (exact) mass is 305 g/mol. The lowest BCUT2D eigenvalue weighted by Crippen LogP contribution is -2.37. The average Bonchev–Trinajstić information content (AvgIpc) is 2.49. The summed E-state index contributed by atoms with van der Waals surface area (Å²) in [6.07, 6.45) is 1.44. The number of rotatable bonds is 7. The van der Waals surface area contributed by atoms with Crippen LogP contribution < -0.4 is 5.32 Å². The highest BCUT2D eigenvalue weighted by atomic mass is 35.5. The highest BCUT2D eigenvalue weighted by Gasteiger charge is 2.21. The van der Waals surface area contributed by atoms with Gasteiger partial charge in [-0.2, -0.15) is 5.26 Å². The molecule has 0 bridgehead atoms. The van der Waals surface area contributed by atoms with E-state index in [9.17, 15) is 4.79 Å². The molecule has 0 saturated heterocycles. The molecular formula is C16H20ClN3O. The Morgan fingerprint density at radius 1 is 1.43 bits per heavy atom. The minimum absolute atomic E-state index is 0.00230. The van der Waals surface area contributed by atoms with Crippen molar-refractivity contribution >= 4 is 17.5 Å². The van der Waals surface area contributed by atoms with Crippen LogP contribution in [-0.4, -0.2) is 29.3 Å². The number of nitrogens with one attached hydrogen (secondary N) is 1. The van der Waals surface area contributed by atoms with Gasteiger partial charge in [-0.05, 0) is 19.4 Å². The fourth-order valence-electron chi connectivity index (χ4n) is 1.79. The molecule has 0 aliphatic rings. The van der Waals surface area contributed by atoms with Crippen molar-refractivity contribution in [3.63, 3.8) is 0 Å². The number of nitriles is 1. The Morgan fingerprint density at radius 2 is 2.10 bits per heavy atom. The summed E-state index contributed by atoms with van der Waals surface area (Å²) in [6, 6.07) is 11.7. The van der Waals surface area contributed by atoms with Crippen molar-refractivity contribution in [2.24, 2.45) is 0 Å². The van der Waals surface area contributed by atoms with Gasteiger partial charge in [-0.15, -0.1) is 11.6 Å². The molecule has 112 valence electrons. The summed E-state index contributed by atoms with van der Waals surface area (Å²) in [4.78, 5) is 14.2. The molecule has 0 spiro atoms. The maximum absolute atomic E-state index is 12.5. The van der Waals surface area contributed by atoms with Gasteiger partial charge >= 0.3 is 0 Å². The van der Waals surface area contributed by atoms with Gasteiger partial charge in [0.25, 0.3) is 5.91 Å². The van der Waals surface area contributed by atoms with Gasteiger partial charge in [-0.3, -0.25) is 4.79 Å². The van der Waals surface area contributed by atoms with Gasteiger partial charge in [-0.25, -0.2) is 0 Å². The van der Waals surface area contributed by atoms with Crippen LogP contribution in [0.5, 0.6) is 0 Å². The summed E-state index contributed by atoms with van der Waals surface area (Å²) in [6.45, 7) is 4.86. The predicted molar refractivity (Wildman–Crippen MR) is 84.5 cm³/mol. The van der Waals surface area contributed by atoms with E-state index in [4.69, 9.17) is 16.9 Å². The second kappa shape index (κ2) is 9.04. The predicted octanol–water partition coefficient (Wildman–Crippen LogP) is 2.66. The maximum atomic E-state index is 12.5. The molecule has 0 heterocycles. The number of carbonyl (C=O) groups excluding carboxylic acids is 1. The van der Waals surface area contributed by atoms with E-state index in [2.05, 4.69) is 5.32 Å². The molecule has 21 heavy (non-hydrogen) atoms. The molecule has 1 aromatic carbocycles. The lowest BCUT2D eigenvalue weighted by Gasteiger charge is -2.26. The summed E-state index contributed by atoms with van der Waals surface area (Å²) >= 11 is 5.56. The number of hydrogen-bond donors (Lipinski definition) is 1. The molecular weight excluding hydrogens is 286 g/mol. The van der Waals surface area contributed by atoms with Crippen molar-refractivity contribution in [3.8, 4) is 6.07 Å². The Kier molecular flexibility index (Phi) is 7.34. The zero-order valence-corrected chi connectivity index (χ0v) is 13.1. The van der Waals surface area contributed by atoms with Crippen LogP contribution in [0.4, 0.5) is 0 Å². The number of hydrogen-bond acceptors (Lipinski definition) is 3. The van der Waals surface area contributed by atoms with Crippen molar-refractivity contribution < 1.29 is 4.79 Å². The van der Waals surface area contributed by atoms with Gasteiger partial charge < -0.3 is 10.2 Å². The summed E-state index contributed by atoms with van der Waals surface area (Å²) in [5.41, 5.74) is 1.12. The lowest BCUT2D eigenvalue weighted by molar-refractivity contribution is -0.129. The Labute approximate surface area is 131 Å². The highest BCUT2D eigenvalue weighted by Crippen LogP contribution is 2.12. The van der Waals surface area contributed by atoms with E-state index in [-0.39, 0.29) is 17.5 Å². The molecule has 1 rings (SSSR count). The normalized spacial score (nSPS) is 11.1. The van der Waals surface area contributed by atoms with Crippen LogP contribution in [-0.2, 0) is 11.3 Å². The molecule has 0 fully saturated rings. The van der Waals surface area contributed by atoms with Gasteiger partial charge in [0.1, 0.15) is 11.6 Å². The first-order valence-electron chi connectivity index (χ1n) is 6.84. The van der Waals surface area contributed by atoms with Crippen LogP contribution in [0.3, 0.4) is 0 Å². The minimum Gasteiger partial charge on any atom is -0.388 e. The van der Waals surface area contributed by atoms with E-state index in [1.54, 1.807) is 4.90 Å². The fourth-order valence-corrected chi connectivity index (χ4v) is 1.90. The standard InChI is InChI=1S/C16H20ClN3O/c1-13(2)20(12-14-6-4-3-5-7-14)16(21)15(10-18)11-19-9-8-17/h3-7,11,13,19H,8-9,12H2,1-2H3/b15-11-. The largest absolute Gasteiger partial charge is 0.388 e. The van der Waals surface area contributed by atoms with Crippen molar-refractivity contribution in [1.82, 2.24) is 10.2 Å². The SMILES string of the molecule is CC(C)N(Cc1ccccc1)C(=O)/C(C#N)=C\NCCCl. The van der Waals surface area contributed by atoms with Crippen LogP contribution in [0.1, 0.15) is 19.4 Å². The maximum Gasteiger partial charge on any atom is 0.266 e. The molecule has 1 N–H and O–H groups in total. The lowest BCUT2D eigenvalue weighted by atomic mass is 10.1. The molecule has 0 aromatic heterocycles. The molecule has 0 radical (unpaired) electrons. The van der Waals surface area contributed by atoms with Gasteiger partial charge in [-0.1, -0.05) is 30.3 Å². The van der Waals surface area contributed by atoms with Crippen molar-refractivity contribution in [2.45, 2.75) is 26.4 Å². The van der Waals surface area contributed by atoms with Crippen molar-refractivity contribution in [3.05, 3.63) is 47.7 Å². The first-order valence-corrected chi connectivity index (χ1v) is 7.38. The smallest absolute Gasteiger partial charge is 0.266 e. The molecule has 5 heteroatoms. The third-order valence-corrected chi connectivity index (χ3v) is 3.11. The first kappa shape index (κ1) is 17.1. The molecule has 0 aliphatic heterocycles. The van der Waals surface area contributed by atoms with Crippen LogP contribution in [0.2, 0.25) is 0 Å². The van der Waals surface area contributed by atoms with Crippen LogP contribution >= 0.6 is 11.6 Å². The van der Waals surface area contributed by atoms with E-state index >= 15 is 0 Å². The number of amides is 1. The Bertz CT molecular complexity index is 520. The van der Waals surface area contributed by atoms with Crippen LogP contribution in [0.25, 0.3) is 0 Å². The molecule has 0 saturated carbocycles. The Hall–Kier alpha value is -1.99. The van der Waals surface area contributed by atoms with Gasteiger partial charge in [0.15, 0.2) is 0 Å². The minimum atomic E-state index is -0.279. The Morgan fingerprint density at radius 3 is 2.62 bits per heavy atom. The van der Waals surface area contributed by atoms with E-state index in [1.807, 2.05) is 50.2 Å². The third kappa shape index (κ3) is 5.49. The Balaban J connectivity index is 2.86. The summed E-state index contributed by atoms with van der Waals surface area (Å²) in [5, 5.41) is 12.0. The van der Waals surface area contributed by atoms with Gasteiger partial charge in [0.2, 0.25) is 0 Å². The zero-order chi connectivity index (χ0) is 15.7.